The Balaban J connectivity index is 1.75. The minimum Gasteiger partial charge on any atom is -0.354 e. The van der Waals surface area contributed by atoms with Crippen LogP contribution < -0.4 is 5.32 Å². The molecule has 3 rings (SSSR count). The van der Waals surface area contributed by atoms with Crippen LogP contribution in [0.15, 0.2) is 39.2 Å². The summed E-state index contributed by atoms with van der Waals surface area (Å²) in [6, 6.07) is 7.04. The number of hydrogen-bond donors (Lipinski definition) is 1. The number of hydrogen-bond acceptors (Lipinski definition) is 5. The van der Waals surface area contributed by atoms with Crippen molar-refractivity contribution in [1.82, 2.24) is 5.32 Å². The molecule has 0 radical (unpaired) electrons. The van der Waals surface area contributed by atoms with Crippen molar-refractivity contribution in [3.8, 4) is 0 Å². The van der Waals surface area contributed by atoms with E-state index in [1.165, 1.54) is 29.1 Å². The van der Waals surface area contributed by atoms with Crippen molar-refractivity contribution in [2.45, 2.75) is 41.6 Å². The quantitative estimate of drug-likeness (QED) is 0.819. The maximum atomic E-state index is 12.9. The Morgan fingerprint density at radius 2 is 1.83 bits per heavy atom. The molecule has 0 aliphatic heterocycles. The van der Waals surface area contributed by atoms with Crippen molar-refractivity contribution in [1.29, 1.82) is 0 Å². The van der Waals surface area contributed by atoms with Gasteiger partial charge in [-0.25, -0.2) is 8.42 Å². The topological polar surface area (TPSA) is 63.2 Å². The van der Waals surface area contributed by atoms with Gasteiger partial charge in [-0.15, -0.1) is 22.7 Å². The van der Waals surface area contributed by atoms with E-state index in [1.54, 1.807) is 17.5 Å². The second-order valence-corrected chi connectivity index (χ2v) is 10.3. The summed E-state index contributed by atoms with van der Waals surface area (Å²) in [6.45, 7) is 0.135. The van der Waals surface area contributed by atoms with E-state index in [-0.39, 0.29) is 18.4 Å². The van der Waals surface area contributed by atoms with Crippen molar-refractivity contribution < 1.29 is 13.2 Å². The first kappa shape index (κ1) is 17.6. The molecule has 1 saturated carbocycles. The third-order valence-electron chi connectivity index (χ3n) is 4.45. The molecule has 4 nitrogen and oxygen atoms in total. The highest BCUT2D eigenvalue weighted by Gasteiger charge is 2.32. The van der Waals surface area contributed by atoms with Gasteiger partial charge in [0, 0.05) is 17.3 Å². The fourth-order valence-corrected chi connectivity index (χ4v) is 7.09. The summed E-state index contributed by atoms with van der Waals surface area (Å²) in [6.07, 6.45) is 5.18. The van der Waals surface area contributed by atoms with Crippen LogP contribution >= 0.6 is 22.7 Å². The van der Waals surface area contributed by atoms with E-state index in [1.807, 2.05) is 17.5 Å². The lowest BCUT2D eigenvalue weighted by Crippen LogP contribution is -2.36. The Bertz CT molecular complexity index is 745. The third kappa shape index (κ3) is 3.90. The molecule has 1 N–H and O–H groups in total. The van der Waals surface area contributed by atoms with Crippen molar-refractivity contribution in [3.05, 3.63) is 39.9 Å². The van der Waals surface area contributed by atoms with Gasteiger partial charge in [-0.05, 0) is 35.7 Å². The number of amides is 1. The molecule has 24 heavy (non-hydrogen) atoms. The van der Waals surface area contributed by atoms with Gasteiger partial charge in [-0.2, -0.15) is 0 Å². The van der Waals surface area contributed by atoms with E-state index in [9.17, 15) is 13.2 Å². The Hall–Kier alpha value is -1.18. The fourth-order valence-electron chi connectivity index (χ4n) is 3.11. The molecule has 1 aliphatic carbocycles. The van der Waals surface area contributed by atoms with Gasteiger partial charge in [0.2, 0.25) is 5.91 Å². The third-order valence-corrected chi connectivity index (χ3v) is 9.10. The zero-order valence-electron chi connectivity index (χ0n) is 13.3. The number of nitrogens with one attached hydrogen (secondary N) is 1. The second kappa shape index (κ2) is 7.80. The Labute approximate surface area is 150 Å². The molecule has 0 unspecified atom stereocenters. The monoisotopic (exact) mass is 383 g/mol. The fraction of sp³-hybridized carbons (Fsp3) is 0.471. The highest BCUT2D eigenvalue weighted by Crippen LogP contribution is 2.33. The first-order valence-corrected chi connectivity index (χ1v) is 11.5. The normalized spacial score (nSPS) is 17.5. The maximum absolute atomic E-state index is 12.9. The first-order valence-electron chi connectivity index (χ1n) is 8.17. The Morgan fingerprint density at radius 3 is 2.46 bits per heavy atom. The molecule has 2 aromatic heterocycles. The molecule has 1 fully saturated rings. The zero-order chi connectivity index (χ0) is 17.0. The van der Waals surface area contributed by atoms with E-state index < -0.39 is 15.1 Å². The van der Waals surface area contributed by atoms with Crippen LogP contribution in [0.25, 0.3) is 0 Å². The second-order valence-electron chi connectivity index (χ2n) is 6.06. The Kier molecular flexibility index (Phi) is 5.73. The molecule has 0 saturated heterocycles. The summed E-state index contributed by atoms with van der Waals surface area (Å²) >= 11 is 2.64. The molecule has 0 spiro atoms. The van der Waals surface area contributed by atoms with Gasteiger partial charge in [0.25, 0.3) is 0 Å². The zero-order valence-corrected chi connectivity index (χ0v) is 15.8. The summed E-state index contributed by atoms with van der Waals surface area (Å²) in [5, 5.41) is 5.82. The number of carbonyl (C=O) groups excluding carboxylic acids is 1. The molecular formula is C17H21NO3S3. The predicted octanol–water partition coefficient (Wildman–Crippen LogP) is 4.02. The highest BCUT2D eigenvalue weighted by atomic mass is 32.2. The van der Waals surface area contributed by atoms with Crippen LogP contribution in [0.5, 0.6) is 0 Å². The Morgan fingerprint density at radius 1 is 1.12 bits per heavy atom. The smallest absolute Gasteiger partial charge is 0.223 e. The summed E-state index contributed by atoms with van der Waals surface area (Å²) < 4.78 is 26.2. The molecule has 1 amide bonds. The van der Waals surface area contributed by atoms with E-state index in [2.05, 4.69) is 5.32 Å². The maximum Gasteiger partial charge on any atom is 0.223 e. The van der Waals surface area contributed by atoms with E-state index >= 15 is 0 Å². The minimum atomic E-state index is -3.49. The molecule has 0 aromatic carbocycles. The van der Waals surface area contributed by atoms with E-state index in [0.29, 0.717) is 4.21 Å². The minimum absolute atomic E-state index is 0.00219. The summed E-state index contributed by atoms with van der Waals surface area (Å²) in [5.41, 5.74) is 0. The predicted molar refractivity (Wildman–Crippen MR) is 98.1 cm³/mol. The summed E-state index contributed by atoms with van der Waals surface area (Å²) in [7, 11) is -3.49. The lowest BCUT2D eigenvalue weighted by atomic mass is 9.89. The number of carbonyl (C=O) groups is 1. The van der Waals surface area contributed by atoms with Crippen molar-refractivity contribution in [2.24, 2.45) is 5.92 Å². The van der Waals surface area contributed by atoms with Crippen molar-refractivity contribution in [2.75, 3.05) is 6.54 Å². The molecule has 1 atom stereocenters. The molecule has 2 aromatic rings. The van der Waals surface area contributed by atoms with E-state index in [4.69, 9.17) is 0 Å². The van der Waals surface area contributed by atoms with Crippen LogP contribution in [0.3, 0.4) is 0 Å². The van der Waals surface area contributed by atoms with Gasteiger partial charge in [0.1, 0.15) is 9.46 Å². The van der Waals surface area contributed by atoms with Crippen LogP contribution in [0.4, 0.5) is 0 Å². The lowest BCUT2D eigenvalue weighted by molar-refractivity contribution is -0.125. The van der Waals surface area contributed by atoms with Crippen LogP contribution in [0.2, 0.25) is 0 Å². The van der Waals surface area contributed by atoms with Gasteiger partial charge < -0.3 is 5.32 Å². The number of thiophene rings is 2. The van der Waals surface area contributed by atoms with Crippen LogP contribution in [0, 0.1) is 5.92 Å². The average molecular weight is 384 g/mol. The first-order chi connectivity index (χ1) is 11.6. The highest BCUT2D eigenvalue weighted by molar-refractivity contribution is 7.93. The molecular weight excluding hydrogens is 362 g/mol. The van der Waals surface area contributed by atoms with Gasteiger partial charge in [-0.1, -0.05) is 31.4 Å². The average Bonchev–Trinajstić information content (AvgIpc) is 3.29. The molecule has 130 valence electrons. The molecule has 7 heteroatoms. The van der Waals surface area contributed by atoms with E-state index in [0.717, 1.165) is 30.6 Å². The van der Waals surface area contributed by atoms with Gasteiger partial charge in [0.05, 0.1) is 0 Å². The van der Waals surface area contributed by atoms with Crippen LogP contribution in [-0.2, 0) is 14.6 Å². The SMILES string of the molecule is O=C(NC[C@H](c1cccs1)S(=O)(=O)c1cccs1)C1CCCCC1. The molecule has 2 heterocycles. The van der Waals surface area contributed by atoms with Gasteiger partial charge in [-0.3, -0.25) is 4.79 Å². The number of rotatable bonds is 6. The standard InChI is InChI=1S/C17H21NO3S3/c19-17(13-6-2-1-3-7-13)18-12-15(14-8-4-10-22-14)24(20,21)16-9-5-11-23-16/h4-5,8-11,13,15H,1-3,6-7,12H2,(H,18,19)/t15-/m1/s1. The van der Waals surface area contributed by atoms with Crippen molar-refractivity contribution >= 4 is 38.4 Å². The number of sulfone groups is 1. The van der Waals surface area contributed by atoms with Gasteiger partial charge >= 0.3 is 0 Å². The van der Waals surface area contributed by atoms with Crippen LogP contribution in [0.1, 0.15) is 42.2 Å². The van der Waals surface area contributed by atoms with Crippen molar-refractivity contribution in [3.63, 3.8) is 0 Å². The lowest BCUT2D eigenvalue weighted by Gasteiger charge is -2.22. The summed E-state index contributed by atoms with van der Waals surface area (Å²) in [5.74, 6) is 0.0322. The van der Waals surface area contributed by atoms with Crippen LogP contribution in [-0.4, -0.2) is 20.9 Å². The van der Waals surface area contributed by atoms with Gasteiger partial charge in [0.15, 0.2) is 9.84 Å². The summed E-state index contributed by atoms with van der Waals surface area (Å²) in [4.78, 5) is 13.2. The largest absolute Gasteiger partial charge is 0.354 e. The molecule has 1 aliphatic rings. The molecule has 0 bridgehead atoms.